The molecule has 3 heterocycles. The fourth-order valence-electron chi connectivity index (χ4n) is 4.33. The highest BCUT2D eigenvalue weighted by molar-refractivity contribution is 7.22. The number of unbranched alkanes of at least 4 members (excludes halogenated alkanes) is 1. The Hall–Kier alpha value is -3.82. The average Bonchev–Trinajstić information content (AvgIpc) is 3.59. The van der Waals surface area contributed by atoms with Crippen molar-refractivity contribution in [1.29, 1.82) is 0 Å². The number of anilines is 1. The van der Waals surface area contributed by atoms with Gasteiger partial charge in [0.15, 0.2) is 28.1 Å². The van der Waals surface area contributed by atoms with Gasteiger partial charge in [0, 0.05) is 5.02 Å². The van der Waals surface area contributed by atoms with Crippen molar-refractivity contribution < 1.29 is 28.6 Å². The summed E-state index contributed by atoms with van der Waals surface area (Å²) in [5.74, 6) is -0.465. The molecule has 1 amide bonds. The van der Waals surface area contributed by atoms with Crippen molar-refractivity contribution in [1.82, 2.24) is 4.98 Å². The Morgan fingerprint density at radius 3 is 2.71 bits per heavy atom. The molecular weight excluding hydrogens is 528 g/mol. The largest absolute Gasteiger partial charge is 0.503 e. The van der Waals surface area contributed by atoms with E-state index in [-0.39, 0.29) is 11.3 Å². The second kappa shape index (κ2) is 10.5. The normalized spacial score (nSPS) is 15.5. The van der Waals surface area contributed by atoms with Crippen LogP contribution >= 0.6 is 22.9 Å². The van der Waals surface area contributed by atoms with Crippen LogP contribution in [0.1, 0.15) is 47.7 Å². The second-order valence-corrected chi connectivity index (χ2v) is 10.2. The minimum absolute atomic E-state index is 0.0197. The number of carbonyl (C=O) groups excluding carboxylic acids is 2. The smallest absolute Gasteiger partial charge is 0.296 e. The number of aliphatic hydroxyl groups is 1. The SMILES string of the molecule is CCCCOc1ccc(C2C(C(=O)c3ccc(C)o3)=C(O)C(=O)N2c2nc3ccc(Cl)cc3s2)cc1OC. The van der Waals surface area contributed by atoms with E-state index in [4.69, 9.17) is 25.5 Å². The number of amides is 1. The fraction of sp³-hybridized carbons (Fsp3) is 0.250. The second-order valence-electron chi connectivity index (χ2n) is 8.80. The summed E-state index contributed by atoms with van der Waals surface area (Å²) in [6.07, 6.45) is 1.87. The highest BCUT2D eigenvalue weighted by atomic mass is 35.5. The molecule has 1 aliphatic heterocycles. The summed E-state index contributed by atoms with van der Waals surface area (Å²) in [6, 6.07) is 12.6. The van der Waals surface area contributed by atoms with E-state index in [1.54, 1.807) is 49.4 Å². The number of ether oxygens (including phenoxy) is 2. The number of Topliss-reactive ketones (excluding diaryl/α,β-unsaturated/α-hetero) is 1. The first-order valence-electron chi connectivity index (χ1n) is 12.1. The van der Waals surface area contributed by atoms with Gasteiger partial charge in [-0.25, -0.2) is 4.98 Å². The van der Waals surface area contributed by atoms with Gasteiger partial charge in [0.2, 0.25) is 5.78 Å². The van der Waals surface area contributed by atoms with E-state index in [9.17, 15) is 14.7 Å². The predicted molar refractivity (Wildman–Crippen MR) is 146 cm³/mol. The van der Waals surface area contributed by atoms with Crippen LogP contribution in [0.2, 0.25) is 5.02 Å². The molecule has 0 fully saturated rings. The van der Waals surface area contributed by atoms with Crippen molar-refractivity contribution in [2.24, 2.45) is 0 Å². The van der Waals surface area contributed by atoms with Crippen molar-refractivity contribution >= 4 is 50.0 Å². The number of aryl methyl sites for hydroxylation is 1. The number of hydrogen-bond donors (Lipinski definition) is 1. The zero-order valence-corrected chi connectivity index (χ0v) is 22.6. The number of benzene rings is 2. The zero-order valence-electron chi connectivity index (χ0n) is 21.0. The van der Waals surface area contributed by atoms with Gasteiger partial charge in [0.1, 0.15) is 5.76 Å². The number of carbonyl (C=O) groups is 2. The van der Waals surface area contributed by atoms with Gasteiger partial charge in [0.05, 0.1) is 35.5 Å². The number of furan rings is 1. The van der Waals surface area contributed by atoms with Gasteiger partial charge in [-0.1, -0.05) is 42.3 Å². The predicted octanol–water partition coefficient (Wildman–Crippen LogP) is 6.82. The molecule has 1 atom stereocenters. The Kier molecular flexibility index (Phi) is 7.14. The molecule has 10 heteroatoms. The molecule has 0 bridgehead atoms. The van der Waals surface area contributed by atoms with Crippen LogP contribution in [0.15, 0.2) is 64.3 Å². The lowest BCUT2D eigenvalue weighted by Crippen LogP contribution is -2.31. The van der Waals surface area contributed by atoms with Crippen LogP contribution in [0.25, 0.3) is 10.2 Å². The van der Waals surface area contributed by atoms with Gasteiger partial charge in [-0.2, -0.15) is 0 Å². The van der Waals surface area contributed by atoms with Crippen LogP contribution in [0.3, 0.4) is 0 Å². The highest BCUT2D eigenvalue weighted by Crippen LogP contribution is 2.46. The van der Waals surface area contributed by atoms with E-state index in [1.165, 1.54) is 29.4 Å². The summed E-state index contributed by atoms with van der Waals surface area (Å²) < 4.78 is 17.8. The highest BCUT2D eigenvalue weighted by Gasteiger charge is 2.46. The summed E-state index contributed by atoms with van der Waals surface area (Å²) in [4.78, 5) is 33.0. The number of thiazole rings is 1. The number of aliphatic hydroxyl groups excluding tert-OH is 1. The van der Waals surface area contributed by atoms with Crippen LogP contribution in [-0.4, -0.2) is 35.5 Å². The number of nitrogens with zero attached hydrogens (tertiary/aromatic N) is 2. The van der Waals surface area contributed by atoms with Gasteiger partial charge in [-0.15, -0.1) is 0 Å². The molecule has 4 aromatic rings. The van der Waals surface area contributed by atoms with Crippen LogP contribution in [0, 0.1) is 6.92 Å². The first kappa shape index (κ1) is 25.8. The topological polar surface area (TPSA) is 102 Å². The average molecular weight is 553 g/mol. The first-order chi connectivity index (χ1) is 18.3. The maximum Gasteiger partial charge on any atom is 0.296 e. The van der Waals surface area contributed by atoms with E-state index >= 15 is 0 Å². The fourth-order valence-corrected chi connectivity index (χ4v) is 5.60. The van der Waals surface area contributed by atoms with Crippen LogP contribution in [0.4, 0.5) is 5.13 Å². The summed E-state index contributed by atoms with van der Waals surface area (Å²) in [7, 11) is 1.52. The van der Waals surface area contributed by atoms with E-state index in [2.05, 4.69) is 11.9 Å². The molecule has 2 aromatic carbocycles. The Morgan fingerprint density at radius 1 is 1.18 bits per heavy atom. The Balaban J connectivity index is 1.64. The Bertz CT molecular complexity index is 1570. The number of halogens is 1. The molecule has 1 unspecified atom stereocenters. The number of fused-ring (bicyclic) bond motifs is 1. The molecule has 0 saturated carbocycles. The molecule has 1 aliphatic rings. The number of aromatic nitrogens is 1. The van der Waals surface area contributed by atoms with Crippen LogP contribution in [-0.2, 0) is 4.79 Å². The summed E-state index contributed by atoms with van der Waals surface area (Å²) in [5.41, 5.74) is 1.06. The molecule has 0 radical (unpaired) electrons. The molecule has 0 spiro atoms. The van der Waals surface area contributed by atoms with Crippen LogP contribution in [0.5, 0.6) is 11.5 Å². The van der Waals surface area contributed by atoms with Gasteiger partial charge in [0.25, 0.3) is 5.91 Å². The maximum atomic E-state index is 13.6. The van der Waals surface area contributed by atoms with Gasteiger partial charge >= 0.3 is 0 Å². The molecule has 0 saturated heterocycles. The summed E-state index contributed by atoms with van der Waals surface area (Å²) >= 11 is 7.40. The summed E-state index contributed by atoms with van der Waals surface area (Å²) in [5, 5.41) is 11.9. The van der Waals surface area contributed by atoms with Crippen molar-refractivity contribution in [3.05, 3.63) is 82.0 Å². The van der Waals surface area contributed by atoms with E-state index in [1.807, 2.05) is 0 Å². The lowest BCUT2D eigenvalue weighted by Gasteiger charge is -2.25. The standard InChI is InChI=1S/C28H25ClN2O6S/c1-4-5-12-36-19-11-7-16(13-21(19)35-3)24-23(25(32)20-10-6-15(2)37-20)26(33)27(34)31(24)28-30-18-9-8-17(29)14-22(18)38-28/h6-11,13-14,24,33H,4-5,12H2,1-3H3. The minimum Gasteiger partial charge on any atom is -0.503 e. The number of rotatable bonds is 9. The van der Waals surface area contributed by atoms with Crippen molar-refractivity contribution in [3.8, 4) is 11.5 Å². The summed E-state index contributed by atoms with van der Waals surface area (Å²) in [6.45, 7) is 4.31. The number of ketones is 1. The van der Waals surface area contributed by atoms with Crippen LogP contribution < -0.4 is 14.4 Å². The van der Waals surface area contributed by atoms with E-state index in [0.29, 0.717) is 45.1 Å². The maximum absolute atomic E-state index is 13.6. The molecule has 8 nitrogen and oxygen atoms in total. The third-order valence-electron chi connectivity index (χ3n) is 6.22. The van der Waals surface area contributed by atoms with E-state index < -0.39 is 23.5 Å². The Labute approximate surface area is 228 Å². The molecule has 38 heavy (non-hydrogen) atoms. The van der Waals surface area contributed by atoms with Gasteiger partial charge in [-0.3, -0.25) is 14.5 Å². The molecule has 196 valence electrons. The van der Waals surface area contributed by atoms with Gasteiger partial charge < -0.3 is 19.0 Å². The lowest BCUT2D eigenvalue weighted by atomic mass is 9.95. The molecule has 5 rings (SSSR count). The lowest BCUT2D eigenvalue weighted by molar-refractivity contribution is -0.117. The number of methoxy groups -OCH3 is 1. The quantitative estimate of drug-likeness (QED) is 0.179. The Morgan fingerprint density at radius 2 is 2.00 bits per heavy atom. The third-order valence-corrected chi connectivity index (χ3v) is 7.47. The molecule has 2 aromatic heterocycles. The molecule has 0 aliphatic carbocycles. The molecule has 1 N–H and O–H groups in total. The van der Waals surface area contributed by atoms with Gasteiger partial charge in [-0.05, 0) is 61.4 Å². The number of hydrogen-bond acceptors (Lipinski definition) is 8. The third kappa shape index (κ3) is 4.63. The van der Waals surface area contributed by atoms with Crippen molar-refractivity contribution in [2.75, 3.05) is 18.6 Å². The molecular formula is C28H25ClN2O6S. The minimum atomic E-state index is -0.991. The zero-order chi connectivity index (χ0) is 27.0. The van der Waals surface area contributed by atoms with Crippen molar-refractivity contribution in [3.63, 3.8) is 0 Å². The first-order valence-corrected chi connectivity index (χ1v) is 13.3. The monoisotopic (exact) mass is 552 g/mol. The van der Waals surface area contributed by atoms with Crippen molar-refractivity contribution in [2.45, 2.75) is 32.7 Å². The van der Waals surface area contributed by atoms with E-state index in [0.717, 1.165) is 17.5 Å².